The normalized spacial score (nSPS) is 16.1. The fourth-order valence-corrected chi connectivity index (χ4v) is 2.60. The van der Waals surface area contributed by atoms with Crippen LogP contribution >= 0.6 is 11.8 Å². The molecule has 0 spiro atoms. The van der Waals surface area contributed by atoms with Gasteiger partial charge in [0.1, 0.15) is 0 Å². The molecule has 1 aliphatic rings. The van der Waals surface area contributed by atoms with Gasteiger partial charge < -0.3 is 4.90 Å². The lowest BCUT2D eigenvalue weighted by Crippen LogP contribution is -2.23. The van der Waals surface area contributed by atoms with Gasteiger partial charge in [-0.25, -0.2) is 5.84 Å². The van der Waals surface area contributed by atoms with Gasteiger partial charge in [0.15, 0.2) is 5.16 Å². The van der Waals surface area contributed by atoms with Gasteiger partial charge in [0, 0.05) is 17.8 Å². The molecule has 0 aliphatic carbocycles. The molecule has 2 rings (SSSR count). The van der Waals surface area contributed by atoms with Crippen molar-refractivity contribution in [2.24, 2.45) is 5.84 Å². The second-order valence-electron chi connectivity index (χ2n) is 5.29. The Morgan fingerprint density at radius 1 is 1.17 bits per heavy atom. The van der Waals surface area contributed by atoms with Crippen molar-refractivity contribution < 1.29 is 0 Å². The molecule has 3 N–H and O–H groups in total. The van der Waals surface area contributed by atoms with Crippen LogP contribution in [0.15, 0.2) is 5.16 Å². The minimum absolute atomic E-state index is 0.0650. The van der Waals surface area contributed by atoms with Crippen molar-refractivity contribution in [2.45, 2.75) is 43.5 Å². The summed E-state index contributed by atoms with van der Waals surface area (Å²) in [5.74, 6) is 6.57. The number of nitrogens with one attached hydrogen (secondary N) is 1. The van der Waals surface area contributed by atoms with Crippen LogP contribution in [0.1, 0.15) is 33.6 Å². The van der Waals surface area contributed by atoms with Crippen molar-refractivity contribution in [2.75, 3.05) is 23.4 Å². The SMILES string of the molecule is CC(C)(C)Sc1nc(NN)nc(N2CCCC2)n1. The van der Waals surface area contributed by atoms with Crippen LogP contribution in [0.4, 0.5) is 11.9 Å². The molecule has 1 saturated heterocycles. The van der Waals surface area contributed by atoms with Crippen LogP contribution in [0.2, 0.25) is 0 Å². The van der Waals surface area contributed by atoms with E-state index in [1.165, 1.54) is 12.8 Å². The third-order valence-corrected chi connectivity index (χ3v) is 3.50. The monoisotopic (exact) mass is 268 g/mol. The molecule has 1 aliphatic heterocycles. The highest BCUT2D eigenvalue weighted by Crippen LogP contribution is 2.30. The van der Waals surface area contributed by atoms with Crippen LogP contribution in [0.5, 0.6) is 0 Å². The zero-order valence-corrected chi connectivity index (χ0v) is 11.9. The summed E-state index contributed by atoms with van der Waals surface area (Å²) in [6.45, 7) is 8.41. The number of nitrogen functional groups attached to an aromatic ring is 1. The predicted octanol–water partition coefficient (Wildman–Crippen LogP) is 1.65. The van der Waals surface area contributed by atoms with Crippen molar-refractivity contribution >= 4 is 23.7 Å². The second-order valence-corrected chi connectivity index (χ2v) is 7.09. The van der Waals surface area contributed by atoms with Crippen molar-refractivity contribution in [3.63, 3.8) is 0 Å². The molecule has 1 fully saturated rings. The standard InChI is InChI=1S/C11H20N6S/c1-11(2,3)18-10-14-8(16-12)13-9(15-10)17-6-4-5-7-17/h4-7,12H2,1-3H3,(H,13,14,15,16). The number of nitrogens with two attached hydrogens (primary N) is 1. The van der Waals surface area contributed by atoms with Crippen LogP contribution in [-0.4, -0.2) is 32.8 Å². The average Bonchev–Trinajstić information content (AvgIpc) is 2.79. The molecule has 2 heterocycles. The predicted molar refractivity (Wildman–Crippen MR) is 74.7 cm³/mol. The Morgan fingerprint density at radius 3 is 2.39 bits per heavy atom. The minimum Gasteiger partial charge on any atom is -0.341 e. The molecule has 0 bridgehead atoms. The maximum atomic E-state index is 5.42. The zero-order chi connectivity index (χ0) is 13.2. The van der Waals surface area contributed by atoms with Crippen LogP contribution in [0, 0.1) is 0 Å². The smallest absolute Gasteiger partial charge is 0.242 e. The van der Waals surface area contributed by atoms with Crippen LogP contribution in [0.3, 0.4) is 0 Å². The Hall–Kier alpha value is -1.08. The molecule has 0 aromatic carbocycles. The quantitative estimate of drug-likeness (QED) is 0.490. The number of hydrazine groups is 1. The Bertz CT molecular complexity index is 410. The Labute approximate surface area is 112 Å². The van der Waals surface area contributed by atoms with E-state index in [4.69, 9.17) is 5.84 Å². The van der Waals surface area contributed by atoms with E-state index in [1.807, 2.05) is 0 Å². The summed E-state index contributed by atoms with van der Waals surface area (Å²) in [5.41, 5.74) is 2.51. The molecule has 0 radical (unpaired) electrons. The van der Waals surface area contributed by atoms with E-state index < -0.39 is 0 Å². The molecular formula is C11H20N6S. The van der Waals surface area contributed by atoms with E-state index in [0.29, 0.717) is 11.1 Å². The summed E-state index contributed by atoms with van der Waals surface area (Å²) in [4.78, 5) is 15.3. The summed E-state index contributed by atoms with van der Waals surface area (Å²) >= 11 is 1.62. The summed E-state index contributed by atoms with van der Waals surface area (Å²) in [6.07, 6.45) is 2.39. The lowest BCUT2D eigenvalue weighted by molar-refractivity contribution is 0.779. The minimum atomic E-state index is 0.0650. The van der Waals surface area contributed by atoms with Gasteiger partial charge >= 0.3 is 0 Å². The molecule has 7 heteroatoms. The van der Waals surface area contributed by atoms with Crippen LogP contribution in [0.25, 0.3) is 0 Å². The van der Waals surface area contributed by atoms with Crippen molar-refractivity contribution in [1.82, 2.24) is 15.0 Å². The van der Waals surface area contributed by atoms with E-state index in [9.17, 15) is 0 Å². The van der Waals surface area contributed by atoms with Gasteiger partial charge in [-0.2, -0.15) is 15.0 Å². The molecular weight excluding hydrogens is 248 g/mol. The highest BCUT2D eigenvalue weighted by molar-refractivity contribution is 8.00. The molecule has 1 aromatic rings. The fraction of sp³-hybridized carbons (Fsp3) is 0.727. The summed E-state index contributed by atoms with van der Waals surface area (Å²) in [7, 11) is 0. The summed E-state index contributed by atoms with van der Waals surface area (Å²) in [6, 6.07) is 0. The lowest BCUT2D eigenvalue weighted by Gasteiger charge is -2.19. The maximum Gasteiger partial charge on any atom is 0.242 e. The first-order valence-corrected chi connectivity index (χ1v) is 6.96. The molecule has 100 valence electrons. The van der Waals surface area contributed by atoms with Crippen LogP contribution < -0.4 is 16.2 Å². The summed E-state index contributed by atoms with van der Waals surface area (Å²) < 4.78 is 0.0650. The number of rotatable bonds is 3. The molecule has 0 unspecified atom stereocenters. The van der Waals surface area contributed by atoms with Gasteiger partial charge in [-0.3, -0.25) is 5.43 Å². The molecule has 6 nitrogen and oxygen atoms in total. The van der Waals surface area contributed by atoms with E-state index in [1.54, 1.807) is 11.8 Å². The topological polar surface area (TPSA) is 80.0 Å². The number of hydrogen-bond acceptors (Lipinski definition) is 7. The molecule has 0 saturated carbocycles. The number of nitrogens with zero attached hydrogens (tertiary/aromatic N) is 4. The van der Waals surface area contributed by atoms with Crippen molar-refractivity contribution in [3.05, 3.63) is 0 Å². The maximum absolute atomic E-state index is 5.42. The van der Waals surface area contributed by atoms with Crippen LogP contribution in [-0.2, 0) is 0 Å². The molecule has 0 atom stereocenters. The first-order chi connectivity index (χ1) is 8.48. The van der Waals surface area contributed by atoms with E-state index in [2.05, 4.69) is 46.0 Å². The Kier molecular flexibility index (Phi) is 3.91. The molecule has 18 heavy (non-hydrogen) atoms. The number of anilines is 2. The van der Waals surface area contributed by atoms with Crippen molar-refractivity contribution in [1.29, 1.82) is 0 Å². The zero-order valence-electron chi connectivity index (χ0n) is 11.1. The highest BCUT2D eigenvalue weighted by atomic mass is 32.2. The van der Waals surface area contributed by atoms with Gasteiger partial charge in [-0.1, -0.05) is 32.5 Å². The Balaban J connectivity index is 2.26. The van der Waals surface area contributed by atoms with E-state index in [-0.39, 0.29) is 4.75 Å². The first-order valence-electron chi connectivity index (χ1n) is 6.14. The van der Waals surface area contributed by atoms with Gasteiger partial charge in [0.25, 0.3) is 0 Å². The van der Waals surface area contributed by atoms with E-state index >= 15 is 0 Å². The Morgan fingerprint density at radius 2 is 1.83 bits per heavy atom. The fourth-order valence-electron chi connectivity index (χ4n) is 1.79. The van der Waals surface area contributed by atoms with Crippen molar-refractivity contribution in [3.8, 4) is 0 Å². The third kappa shape index (κ3) is 3.46. The third-order valence-electron chi connectivity index (χ3n) is 2.52. The number of thioether (sulfide) groups is 1. The first kappa shape index (κ1) is 13.4. The largest absolute Gasteiger partial charge is 0.341 e. The van der Waals surface area contributed by atoms with Gasteiger partial charge in [-0.15, -0.1) is 0 Å². The average molecular weight is 268 g/mol. The van der Waals surface area contributed by atoms with Gasteiger partial charge in [0.05, 0.1) is 0 Å². The van der Waals surface area contributed by atoms with Gasteiger partial charge in [-0.05, 0) is 12.8 Å². The second kappa shape index (κ2) is 5.27. The summed E-state index contributed by atoms with van der Waals surface area (Å²) in [5, 5.41) is 0.715. The van der Waals surface area contributed by atoms with Gasteiger partial charge in [0.2, 0.25) is 11.9 Å². The molecule has 1 aromatic heterocycles. The molecule has 0 amide bonds. The highest BCUT2D eigenvalue weighted by Gasteiger charge is 2.20. The van der Waals surface area contributed by atoms with E-state index in [0.717, 1.165) is 19.0 Å². The lowest BCUT2D eigenvalue weighted by atomic mass is 10.3. The number of hydrogen-bond donors (Lipinski definition) is 2. The number of aromatic nitrogens is 3.